The average molecular weight is 491 g/mol. The van der Waals surface area contributed by atoms with E-state index >= 15 is 0 Å². The number of benzene rings is 1. The Hall–Kier alpha value is -2.22. The van der Waals surface area contributed by atoms with Crippen LogP contribution < -0.4 is 9.64 Å². The highest BCUT2D eigenvalue weighted by molar-refractivity contribution is 7.18. The topological polar surface area (TPSA) is 50.7 Å². The number of morpholine rings is 1. The van der Waals surface area contributed by atoms with Crippen LogP contribution in [0.3, 0.4) is 0 Å². The number of fused-ring (bicyclic) bond motifs is 3. The molecule has 1 atom stereocenters. The van der Waals surface area contributed by atoms with Gasteiger partial charge in [0.25, 0.3) is 0 Å². The summed E-state index contributed by atoms with van der Waals surface area (Å²) in [6, 6.07) is 4.50. The zero-order chi connectivity index (χ0) is 23.4. The number of thiophene rings is 1. The molecule has 2 aromatic heterocycles. The first kappa shape index (κ1) is 22.0. The van der Waals surface area contributed by atoms with Gasteiger partial charge < -0.3 is 14.4 Å². The quantitative estimate of drug-likeness (QED) is 0.505. The van der Waals surface area contributed by atoms with E-state index in [1.54, 1.807) is 0 Å². The van der Waals surface area contributed by atoms with Crippen LogP contribution in [0.4, 0.5) is 5.69 Å². The van der Waals surface area contributed by atoms with Gasteiger partial charge in [0.1, 0.15) is 16.4 Å². The fraction of sp³-hybridized carbons (Fsp3) is 0.571. The zero-order valence-electron chi connectivity index (χ0n) is 20.6. The van der Waals surface area contributed by atoms with E-state index in [1.807, 2.05) is 11.3 Å². The molecule has 7 heteroatoms. The minimum atomic E-state index is 0.733. The van der Waals surface area contributed by atoms with Crippen molar-refractivity contribution < 1.29 is 9.47 Å². The lowest BCUT2D eigenvalue weighted by atomic mass is 9.89. The van der Waals surface area contributed by atoms with Gasteiger partial charge in [-0.05, 0) is 68.1 Å². The minimum Gasteiger partial charge on any atom is -0.438 e. The summed E-state index contributed by atoms with van der Waals surface area (Å²) in [6.07, 6.45) is 8.19. The molecule has 0 saturated carbocycles. The largest absolute Gasteiger partial charge is 0.438 e. The van der Waals surface area contributed by atoms with Crippen LogP contribution in [0, 0.1) is 5.92 Å². The van der Waals surface area contributed by atoms with Crippen LogP contribution in [0.15, 0.2) is 12.1 Å². The molecule has 3 aromatic rings. The van der Waals surface area contributed by atoms with Crippen molar-refractivity contribution in [2.75, 3.05) is 44.3 Å². The maximum Gasteiger partial charge on any atom is 0.231 e. The molecular formula is C28H34N4O2S. The lowest BCUT2D eigenvalue weighted by Gasteiger charge is -2.37. The number of aromatic nitrogens is 2. The number of hydrogen-bond donors (Lipinski definition) is 0. The van der Waals surface area contributed by atoms with Crippen molar-refractivity contribution in [3.8, 4) is 11.6 Å². The lowest BCUT2D eigenvalue weighted by Crippen LogP contribution is -2.36. The summed E-state index contributed by atoms with van der Waals surface area (Å²) in [5, 5.41) is 1.17. The molecule has 0 radical (unpaired) electrons. The smallest absolute Gasteiger partial charge is 0.231 e. The van der Waals surface area contributed by atoms with Crippen LogP contribution in [0.2, 0.25) is 0 Å². The summed E-state index contributed by atoms with van der Waals surface area (Å²) in [7, 11) is 0. The van der Waals surface area contributed by atoms with E-state index in [1.165, 1.54) is 71.4 Å². The molecular weight excluding hydrogens is 456 g/mol. The maximum absolute atomic E-state index is 6.83. The second kappa shape index (κ2) is 9.02. The normalized spacial score (nSPS) is 22.2. The van der Waals surface area contributed by atoms with Gasteiger partial charge in [-0.3, -0.25) is 4.90 Å². The lowest BCUT2D eigenvalue weighted by molar-refractivity contribution is 0.0330. The highest BCUT2D eigenvalue weighted by Gasteiger charge is 2.29. The number of anilines is 1. The molecule has 184 valence electrons. The van der Waals surface area contributed by atoms with Gasteiger partial charge in [-0.1, -0.05) is 13.0 Å². The second-order valence-corrected chi connectivity index (χ2v) is 11.8. The third-order valence-electron chi connectivity index (χ3n) is 8.21. The van der Waals surface area contributed by atoms with Gasteiger partial charge >= 0.3 is 0 Å². The summed E-state index contributed by atoms with van der Waals surface area (Å²) < 4.78 is 12.4. The Morgan fingerprint density at radius 1 is 1.03 bits per heavy atom. The van der Waals surface area contributed by atoms with E-state index in [2.05, 4.69) is 28.9 Å². The van der Waals surface area contributed by atoms with E-state index in [4.69, 9.17) is 19.4 Å². The van der Waals surface area contributed by atoms with Crippen molar-refractivity contribution in [1.29, 1.82) is 0 Å². The number of rotatable bonds is 4. The van der Waals surface area contributed by atoms with E-state index in [0.717, 1.165) is 80.3 Å². The summed E-state index contributed by atoms with van der Waals surface area (Å²) in [5.74, 6) is 3.37. The molecule has 1 aliphatic carbocycles. The van der Waals surface area contributed by atoms with E-state index in [0.29, 0.717) is 0 Å². The first-order chi connectivity index (χ1) is 17.2. The molecule has 5 heterocycles. The summed E-state index contributed by atoms with van der Waals surface area (Å²) in [6.45, 7) is 8.88. The third-order valence-corrected chi connectivity index (χ3v) is 9.36. The van der Waals surface area contributed by atoms with E-state index in [9.17, 15) is 0 Å². The van der Waals surface area contributed by atoms with Crippen LogP contribution in [-0.4, -0.2) is 54.3 Å². The van der Waals surface area contributed by atoms with Crippen molar-refractivity contribution in [3.05, 3.63) is 39.5 Å². The summed E-state index contributed by atoms with van der Waals surface area (Å²) in [5.41, 5.74) is 5.75. The zero-order valence-corrected chi connectivity index (χ0v) is 21.5. The highest BCUT2D eigenvalue weighted by Crippen LogP contribution is 2.45. The molecule has 0 N–H and O–H groups in total. The van der Waals surface area contributed by atoms with Gasteiger partial charge in [0, 0.05) is 42.3 Å². The molecule has 4 aliphatic rings. The van der Waals surface area contributed by atoms with Gasteiger partial charge in [0.05, 0.1) is 25.1 Å². The fourth-order valence-corrected chi connectivity index (χ4v) is 7.79. The first-order valence-electron chi connectivity index (χ1n) is 13.4. The molecule has 1 aromatic carbocycles. The van der Waals surface area contributed by atoms with Crippen LogP contribution in [-0.2, 0) is 37.0 Å². The molecule has 7 rings (SSSR count). The van der Waals surface area contributed by atoms with Crippen molar-refractivity contribution in [3.63, 3.8) is 0 Å². The Balaban J connectivity index is 1.32. The van der Waals surface area contributed by atoms with Gasteiger partial charge in [-0.2, -0.15) is 4.98 Å². The summed E-state index contributed by atoms with van der Waals surface area (Å²) in [4.78, 5) is 17.7. The summed E-state index contributed by atoms with van der Waals surface area (Å²) >= 11 is 1.87. The predicted molar refractivity (Wildman–Crippen MR) is 140 cm³/mol. The number of nitrogens with zero attached hydrogens (tertiary/aromatic N) is 4. The van der Waals surface area contributed by atoms with Gasteiger partial charge in [0.2, 0.25) is 5.88 Å². The van der Waals surface area contributed by atoms with Crippen molar-refractivity contribution in [2.24, 2.45) is 5.92 Å². The van der Waals surface area contributed by atoms with Crippen molar-refractivity contribution in [2.45, 2.75) is 58.4 Å². The molecule has 0 bridgehead atoms. The highest BCUT2D eigenvalue weighted by atomic mass is 32.1. The molecule has 1 fully saturated rings. The van der Waals surface area contributed by atoms with Crippen molar-refractivity contribution >= 4 is 27.2 Å². The van der Waals surface area contributed by atoms with Gasteiger partial charge in [0.15, 0.2) is 0 Å². The van der Waals surface area contributed by atoms with Gasteiger partial charge in [-0.25, -0.2) is 4.98 Å². The first-order valence-corrected chi connectivity index (χ1v) is 14.2. The Labute approximate surface area is 211 Å². The third kappa shape index (κ3) is 4.02. The number of hydrogen-bond acceptors (Lipinski definition) is 7. The van der Waals surface area contributed by atoms with Crippen LogP contribution in [0.5, 0.6) is 11.6 Å². The fourth-order valence-electron chi connectivity index (χ4n) is 6.40. The molecule has 0 spiro atoms. The molecule has 6 nitrogen and oxygen atoms in total. The molecule has 0 unspecified atom stereocenters. The van der Waals surface area contributed by atoms with Crippen LogP contribution in [0.25, 0.3) is 10.2 Å². The van der Waals surface area contributed by atoms with E-state index in [-0.39, 0.29) is 0 Å². The SMILES string of the molecule is C[C@H]1CCc2c(sc3nc(CN4CCOCC4)nc(Oc4ccc5c6c4CCCN6CCC5)c23)C1. The minimum absolute atomic E-state index is 0.733. The average Bonchev–Trinajstić information content (AvgIpc) is 3.24. The Bertz CT molecular complexity index is 1260. The second-order valence-electron chi connectivity index (χ2n) is 10.7. The monoisotopic (exact) mass is 490 g/mol. The van der Waals surface area contributed by atoms with Crippen LogP contribution >= 0.6 is 11.3 Å². The predicted octanol–water partition coefficient (Wildman–Crippen LogP) is 5.14. The Morgan fingerprint density at radius 3 is 2.77 bits per heavy atom. The van der Waals surface area contributed by atoms with Crippen molar-refractivity contribution in [1.82, 2.24) is 14.9 Å². The van der Waals surface area contributed by atoms with Gasteiger partial charge in [-0.15, -0.1) is 11.3 Å². The molecule has 1 saturated heterocycles. The Morgan fingerprint density at radius 2 is 1.89 bits per heavy atom. The maximum atomic E-state index is 6.83. The molecule has 0 amide bonds. The van der Waals surface area contributed by atoms with E-state index < -0.39 is 0 Å². The Kier molecular flexibility index (Phi) is 5.67. The molecule has 3 aliphatic heterocycles. The molecule has 35 heavy (non-hydrogen) atoms. The van der Waals surface area contributed by atoms with Crippen LogP contribution in [0.1, 0.15) is 53.6 Å². The standard InChI is InChI=1S/C28H34N4O2S/c1-18-6-8-21-23(16-18)35-28-25(21)27(29-24(30-28)17-31-12-14-33-15-13-31)34-22-9-7-19-4-2-10-32-11-3-5-20(22)26(19)32/h7,9,18H,2-6,8,10-17H2,1H3/t18-/m0/s1. The number of ether oxygens (including phenoxy) is 2. The number of aryl methyl sites for hydroxylation is 2.